The smallest absolute Gasteiger partial charge is 0.338 e. The number of ether oxygens (including phenoxy) is 2. The number of hydrogen-bond acceptors (Lipinski definition) is 7. The Morgan fingerprint density at radius 2 is 1.88 bits per heavy atom. The third-order valence-electron chi connectivity index (χ3n) is 2.74. The van der Waals surface area contributed by atoms with Gasteiger partial charge in [-0.2, -0.15) is 0 Å². The molecule has 0 aliphatic heterocycles. The van der Waals surface area contributed by atoms with Crippen LogP contribution in [0.3, 0.4) is 0 Å². The SMILES string of the molecule is COC(=O)[C@@]1(O)C[C@@H](O)[C@H](O)[C@@H](OC(C)=O)C1. The van der Waals surface area contributed by atoms with Crippen molar-refractivity contribution in [2.24, 2.45) is 0 Å². The van der Waals surface area contributed by atoms with Crippen LogP contribution in [-0.2, 0) is 19.1 Å². The van der Waals surface area contributed by atoms with E-state index in [1.54, 1.807) is 0 Å². The maximum absolute atomic E-state index is 11.4. The summed E-state index contributed by atoms with van der Waals surface area (Å²) in [6, 6.07) is 0. The predicted molar refractivity (Wildman–Crippen MR) is 53.8 cm³/mol. The van der Waals surface area contributed by atoms with Gasteiger partial charge in [-0.15, -0.1) is 0 Å². The highest BCUT2D eigenvalue weighted by Crippen LogP contribution is 2.31. The number of aliphatic hydroxyl groups excluding tert-OH is 2. The lowest BCUT2D eigenvalue weighted by atomic mass is 9.79. The first kappa shape index (κ1) is 13.9. The van der Waals surface area contributed by atoms with Gasteiger partial charge in [0.15, 0.2) is 5.60 Å². The highest BCUT2D eigenvalue weighted by molar-refractivity contribution is 5.79. The third-order valence-corrected chi connectivity index (χ3v) is 2.74. The number of carbonyl (C=O) groups is 2. The molecule has 1 aliphatic rings. The third kappa shape index (κ3) is 2.93. The highest BCUT2D eigenvalue weighted by Gasteiger charge is 2.50. The molecule has 17 heavy (non-hydrogen) atoms. The summed E-state index contributed by atoms with van der Waals surface area (Å²) >= 11 is 0. The minimum Gasteiger partial charge on any atom is -0.467 e. The summed E-state index contributed by atoms with van der Waals surface area (Å²) in [6.45, 7) is 1.13. The number of carbonyl (C=O) groups excluding carboxylic acids is 2. The van der Waals surface area contributed by atoms with Gasteiger partial charge in [-0.1, -0.05) is 0 Å². The first-order valence-electron chi connectivity index (χ1n) is 5.14. The summed E-state index contributed by atoms with van der Waals surface area (Å²) in [7, 11) is 1.10. The van der Waals surface area contributed by atoms with E-state index in [0.717, 1.165) is 14.0 Å². The van der Waals surface area contributed by atoms with Crippen molar-refractivity contribution in [1.82, 2.24) is 0 Å². The van der Waals surface area contributed by atoms with E-state index in [0.29, 0.717) is 0 Å². The molecule has 0 heterocycles. The van der Waals surface area contributed by atoms with Gasteiger partial charge in [0.1, 0.15) is 12.2 Å². The van der Waals surface area contributed by atoms with Gasteiger partial charge in [0.2, 0.25) is 0 Å². The lowest BCUT2D eigenvalue weighted by molar-refractivity contribution is -0.199. The van der Waals surface area contributed by atoms with Crippen LogP contribution in [0.25, 0.3) is 0 Å². The summed E-state index contributed by atoms with van der Waals surface area (Å²) in [4.78, 5) is 22.2. The minimum absolute atomic E-state index is 0.308. The lowest BCUT2D eigenvalue weighted by Gasteiger charge is -2.39. The summed E-state index contributed by atoms with van der Waals surface area (Å²) < 4.78 is 9.15. The van der Waals surface area contributed by atoms with Crippen LogP contribution in [0.1, 0.15) is 19.8 Å². The molecule has 1 saturated carbocycles. The van der Waals surface area contributed by atoms with Gasteiger partial charge in [-0.3, -0.25) is 4.79 Å². The Labute approximate surface area is 98.0 Å². The molecule has 1 rings (SSSR count). The highest BCUT2D eigenvalue weighted by atomic mass is 16.6. The van der Waals surface area contributed by atoms with Gasteiger partial charge in [0, 0.05) is 19.8 Å². The zero-order chi connectivity index (χ0) is 13.2. The maximum atomic E-state index is 11.4. The fourth-order valence-electron chi connectivity index (χ4n) is 1.93. The van der Waals surface area contributed by atoms with E-state index >= 15 is 0 Å². The maximum Gasteiger partial charge on any atom is 0.338 e. The zero-order valence-corrected chi connectivity index (χ0v) is 9.62. The van der Waals surface area contributed by atoms with Crippen LogP contribution in [0.5, 0.6) is 0 Å². The van der Waals surface area contributed by atoms with Crippen LogP contribution in [0, 0.1) is 0 Å². The van der Waals surface area contributed by atoms with Crippen molar-refractivity contribution in [3.63, 3.8) is 0 Å². The van der Waals surface area contributed by atoms with Crippen LogP contribution < -0.4 is 0 Å². The van der Waals surface area contributed by atoms with Gasteiger partial charge in [0.05, 0.1) is 13.2 Å². The molecular weight excluding hydrogens is 232 g/mol. The Kier molecular flexibility index (Phi) is 4.07. The Bertz CT molecular complexity index is 316. The van der Waals surface area contributed by atoms with Crippen molar-refractivity contribution in [1.29, 1.82) is 0 Å². The Morgan fingerprint density at radius 1 is 1.29 bits per heavy atom. The average Bonchev–Trinajstić information content (AvgIpc) is 2.23. The van der Waals surface area contributed by atoms with Gasteiger partial charge >= 0.3 is 11.9 Å². The molecule has 0 bridgehead atoms. The molecule has 0 aromatic heterocycles. The van der Waals surface area contributed by atoms with E-state index in [2.05, 4.69) is 4.74 Å². The van der Waals surface area contributed by atoms with E-state index in [1.165, 1.54) is 0 Å². The van der Waals surface area contributed by atoms with Crippen LogP contribution >= 0.6 is 0 Å². The molecule has 7 heteroatoms. The van der Waals surface area contributed by atoms with Crippen molar-refractivity contribution < 1.29 is 34.4 Å². The largest absolute Gasteiger partial charge is 0.467 e. The van der Waals surface area contributed by atoms with Gasteiger partial charge < -0.3 is 24.8 Å². The van der Waals surface area contributed by atoms with E-state index < -0.39 is 35.9 Å². The molecule has 0 unspecified atom stereocenters. The summed E-state index contributed by atoms with van der Waals surface area (Å²) in [5.41, 5.74) is -1.95. The minimum atomic E-state index is -1.95. The predicted octanol–water partition coefficient (Wildman–Crippen LogP) is -1.66. The van der Waals surface area contributed by atoms with Crippen molar-refractivity contribution in [3.05, 3.63) is 0 Å². The molecule has 7 nitrogen and oxygen atoms in total. The van der Waals surface area contributed by atoms with Crippen LogP contribution in [0.4, 0.5) is 0 Å². The lowest BCUT2D eigenvalue weighted by Crippen LogP contribution is -2.57. The van der Waals surface area contributed by atoms with E-state index in [4.69, 9.17) is 4.74 Å². The molecule has 1 aliphatic carbocycles. The molecule has 0 amide bonds. The summed E-state index contributed by atoms with van der Waals surface area (Å²) in [6.07, 6.45) is -4.50. The molecule has 0 saturated heterocycles. The van der Waals surface area contributed by atoms with Crippen molar-refractivity contribution in [3.8, 4) is 0 Å². The van der Waals surface area contributed by atoms with Crippen molar-refractivity contribution in [2.75, 3.05) is 7.11 Å². The number of aliphatic hydroxyl groups is 3. The quantitative estimate of drug-likeness (QED) is 0.501. The first-order chi connectivity index (χ1) is 7.80. The van der Waals surface area contributed by atoms with E-state index in [1.807, 2.05) is 0 Å². The molecule has 4 atom stereocenters. The van der Waals surface area contributed by atoms with Crippen molar-refractivity contribution in [2.45, 2.75) is 43.7 Å². The number of methoxy groups -OCH3 is 1. The van der Waals surface area contributed by atoms with Gasteiger partial charge in [0.25, 0.3) is 0 Å². The normalized spacial score (nSPS) is 37.4. The topological polar surface area (TPSA) is 113 Å². The molecule has 1 fully saturated rings. The Balaban J connectivity index is 2.86. The number of esters is 2. The van der Waals surface area contributed by atoms with Gasteiger partial charge in [-0.25, -0.2) is 4.79 Å². The summed E-state index contributed by atoms with van der Waals surface area (Å²) in [5, 5.41) is 29.1. The fourth-order valence-corrected chi connectivity index (χ4v) is 1.93. The molecule has 0 spiro atoms. The van der Waals surface area contributed by atoms with Crippen LogP contribution in [0.15, 0.2) is 0 Å². The monoisotopic (exact) mass is 248 g/mol. The van der Waals surface area contributed by atoms with Gasteiger partial charge in [-0.05, 0) is 0 Å². The molecule has 0 aromatic carbocycles. The average molecular weight is 248 g/mol. The van der Waals surface area contributed by atoms with E-state index in [9.17, 15) is 24.9 Å². The second-order valence-electron chi connectivity index (χ2n) is 4.14. The standard InChI is InChI=1S/C10H16O7/c1-5(11)17-7-4-10(15,9(14)16-2)3-6(12)8(7)13/h6-8,12-13,15H,3-4H2,1-2H3/t6-,7+,8+,10-/m1/s1. The first-order valence-corrected chi connectivity index (χ1v) is 5.14. The number of hydrogen-bond donors (Lipinski definition) is 3. The van der Waals surface area contributed by atoms with Crippen LogP contribution in [-0.4, -0.2) is 58.3 Å². The van der Waals surface area contributed by atoms with E-state index in [-0.39, 0.29) is 12.8 Å². The van der Waals surface area contributed by atoms with Crippen molar-refractivity contribution >= 4 is 11.9 Å². The molecule has 0 aromatic rings. The molecule has 98 valence electrons. The zero-order valence-electron chi connectivity index (χ0n) is 9.62. The Hall–Kier alpha value is -1.18. The summed E-state index contributed by atoms with van der Waals surface area (Å²) in [5.74, 6) is -1.60. The van der Waals surface area contributed by atoms with Crippen LogP contribution in [0.2, 0.25) is 0 Å². The molecule has 0 radical (unpaired) electrons. The second-order valence-corrected chi connectivity index (χ2v) is 4.14. The molecule has 3 N–H and O–H groups in total. The molecular formula is C10H16O7. The fraction of sp³-hybridized carbons (Fsp3) is 0.800. The second kappa shape index (κ2) is 4.99. The Morgan fingerprint density at radius 3 is 2.35 bits per heavy atom. The number of rotatable bonds is 2.